The van der Waals surface area contributed by atoms with E-state index >= 15 is 0 Å². The van der Waals surface area contributed by atoms with Crippen molar-refractivity contribution >= 4 is 16.7 Å². The quantitative estimate of drug-likeness (QED) is 0.0537. The summed E-state index contributed by atoms with van der Waals surface area (Å²) in [6.45, 7) is 10.8. The molecule has 5 nitrogen and oxygen atoms in total. The number of allylic oxidation sites excluding steroid dienone is 1. The number of hydrogen-bond donors (Lipinski definition) is 1. The molecule has 0 bridgehead atoms. The molecular weight excluding hydrogens is 440 g/mol. The summed E-state index contributed by atoms with van der Waals surface area (Å²) in [5, 5.41) is 11.7. The number of ether oxygens (including phenoxy) is 2. The fourth-order valence-corrected chi connectivity index (χ4v) is 3.69. The highest BCUT2D eigenvalue weighted by molar-refractivity contribution is 5.88. The molecule has 1 N–H and O–H groups in total. The van der Waals surface area contributed by atoms with Gasteiger partial charge in [0.25, 0.3) is 0 Å². The van der Waals surface area contributed by atoms with Gasteiger partial charge in [-0.3, -0.25) is 5.26 Å². The van der Waals surface area contributed by atoms with Crippen LogP contribution in [0.4, 0.5) is 0 Å². The zero-order chi connectivity index (χ0) is 24.8. The molecule has 0 radical (unpaired) electrons. The average molecular weight is 465 g/mol. The predicted octanol–water partition coefficient (Wildman–Crippen LogP) is 7.26. The van der Waals surface area contributed by atoms with E-state index in [1.54, 1.807) is 30.3 Å². The van der Waals surface area contributed by atoms with Crippen molar-refractivity contribution in [1.29, 1.82) is 0 Å². The summed E-state index contributed by atoms with van der Waals surface area (Å²) in [4.78, 5) is 16.1. The van der Waals surface area contributed by atoms with E-state index in [0.717, 1.165) is 33.5 Å². The predicted molar refractivity (Wildman–Crippen MR) is 137 cm³/mol. The van der Waals surface area contributed by atoms with Crippen molar-refractivity contribution in [2.45, 2.75) is 6.10 Å². The Hall–Kier alpha value is -4.45. The summed E-state index contributed by atoms with van der Waals surface area (Å²) in [7, 11) is 0. The summed E-state index contributed by atoms with van der Waals surface area (Å²) in [6.07, 6.45) is 1.98. The molecule has 4 aromatic rings. The van der Waals surface area contributed by atoms with Crippen LogP contribution in [0.2, 0.25) is 0 Å². The zero-order valence-electron chi connectivity index (χ0n) is 19.0. The highest BCUT2D eigenvalue weighted by atomic mass is 17.1. The smallest absolute Gasteiger partial charge is 0.335 e. The molecule has 0 saturated heterocycles. The molecule has 1 unspecified atom stereocenters. The molecule has 0 aliphatic rings. The van der Waals surface area contributed by atoms with Crippen molar-refractivity contribution < 1.29 is 24.4 Å². The molecule has 4 aromatic carbocycles. The zero-order valence-corrected chi connectivity index (χ0v) is 19.0. The summed E-state index contributed by atoms with van der Waals surface area (Å²) in [5.74, 6) is 1.05. The van der Waals surface area contributed by atoms with Gasteiger partial charge in [-0.2, -0.15) is 0 Å². The highest BCUT2D eigenvalue weighted by Gasteiger charge is 2.16. The third-order valence-corrected chi connectivity index (χ3v) is 5.51. The minimum Gasteiger partial charge on any atom is -0.458 e. The van der Waals surface area contributed by atoms with Gasteiger partial charge in [-0.25, -0.2) is 9.68 Å². The minimum atomic E-state index is -0.687. The molecule has 0 spiro atoms. The average Bonchev–Trinajstić information content (AvgIpc) is 2.90. The van der Waals surface area contributed by atoms with Crippen LogP contribution < -0.4 is 9.47 Å². The van der Waals surface area contributed by atoms with Crippen LogP contribution in [0.5, 0.6) is 11.5 Å². The second-order valence-electron chi connectivity index (χ2n) is 7.80. The number of carbonyl (C=O) groups is 1. The molecule has 4 rings (SSSR count). The normalized spacial score (nSPS) is 11.5. The summed E-state index contributed by atoms with van der Waals surface area (Å²) >= 11 is 0. The van der Waals surface area contributed by atoms with Crippen LogP contribution in [-0.2, 0) is 9.68 Å². The van der Waals surface area contributed by atoms with Crippen LogP contribution in [0.3, 0.4) is 0 Å². The molecule has 0 amide bonds. The first-order valence-corrected chi connectivity index (χ1v) is 10.9. The second-order valence-corrected chi connectivity index (χ2v) is 7.80. The Morgan fingerprint density at radius 3 is 1.91 bits per heavy atom. The molecule has 0 fully saturated rings. The van der Waals surface area contributed by atoms with Crippen LogP contribution in [0, 0.1) is 0 Å². The Morgan fingerprint density at radius 1 is 0.714 bits per heavy atom. The molecule has 0 saturated carbocycles. The van der Waals surface area contributed by atoms with Gasteiger partial charge in [0.1, 0.15) is 23.4 Å². The van der Waals surface area contributed by atoms with Crippen LogP contribution in [0.15, 0.2) is 123 Å². The number of esters is 1. The van der Waals surface area contributed by atoms with Gasteiger partial charge in [0.05, 0.1) is 0 Å². The summed E-state index contributed by atoms with van der Waals surface area (Å²) < 4.78 is 10.7. The summed E-state index contributed by atoms with van der Waals surface area (Å²) in [5.41, 5.74) is 3.57. The van der Waals surface area contributed by atoms with Gasteiger partial charge in [-0.1, -0.05) is 74.3 Å². The van der Waals surface area contributed by atoms with E-state index < -0.39 is 12.1 Å². The van der Waals surface area contributed by atoms with Crippen molar-refractivity contribution in [3.05, 3.63) is 134 Å². The van der Waals surface area contributed by atoms with Crippen LogP contribution in [0.25, 0.3) is 21.9 Å². The van der Waals surface area contributed by atoms with Gasteiger partial charge < -0.3 is 9.47 Å². The van der Waals surface area contributed by atoms with E-state index in [4.69, 9.17) is 14.4 Å². The summed E-state index contributed by atoms with van der Waals surface area (Å²) in [6, 6.07) is 26.6. The first-order chi connectivity index (χ1) is 17.0. The largest absolute Gasteiger partial charge is 0.458 e. The number of hydrogen-bond acceptors (Lipinski definition) is 5. The van der Waals surface area contributed by atoms with Crippen molar-refractivity contribution in [3.8, 4) is 22.6 Å². The first-order valence-electron chi connectivity index (χ1n) is 10.9. The second kappa shape index (κ2) is 10.7. The van der Waals surface area contributed by atoms with Crippen molar-refractivity contribution in [2.24, 2.45) is 0 Å². The Kier molecular flexibility index (Phi) is 7.21. The highest BCUT2D eigenvalue weighted by Crippen LogP contribution is 2.31. The maximum Gasteiger partial charge on any atom is 0.335 e. The van der Waals surface area contributed by atoms with Crippen LogP contribution in [-0.4, -0.2) is 11.2 Å². The van der Waals surface area contributed by atoms with Crippen molar-refractivity contribution in [2.75, 3.05) is 0 Å². The van der Waals surface area contributed by atoms with E-state index in [1.165, 1.54) is 0 Å². The van der Waals surface area contributed by atoms with E-state index in [2.05, 4.69) is 25.8 Å². The molecule has 5 heteroatoms. The van der Waals surface area contributed by atoms with Gasteiger partial charge in [0.2, 0.25) is 0 Å². The molecule has 35 heavy (non-hydrogen) atoms. The molecule has 0 aliphatic carbocycles. The van der Waals surface area contributed by atoms with Gasteiger partial charge in [0, 0.05) is 6.08 Å². The Labute approximate surface area is 203 Å². The number of carbonyl (C=O) groups excluding carboxylic acids is 1. The minimum absolute atomic E-state index is 0.381. The maximum atomic E-state index is 11.3. The standard InChI is InChI=1S/C30H24O5/c1-4-20(3)33-28-17-14-25-18-24(10-11-26(25)19-28)21-6-8-22(9-7-21)30(35-32)23-12-15-27(16-13-23)34-29(31)5-2/h4-19,30,32H,1-3H2. The number of benzene rings is 4. The lowest BCUT2D eigenvalue weighted by Gasteiger charge is -2.15. The van der Waals surface area contributed by atoms with E-state index in [-0.39, 0.29) is 0 Å². The maximum absolute atomic E-state index is 11.3. The molecule has 174 valence electrons. The third-order valence-electron chi connectivity index (χ3n) is 5.51. The Balaban J connectivity index is 1.53. The number of rotatable bonds is 9. The lowest BCUT2D eigenvalue weighted by atomic mass is 9.97. The SMILES string of the molecule is C=CC(=C)Oc1ccc2cc(-c3ccc(C(OO)c4ccc(OC(=O)C=C)cc4)cc3)ccc2c1. The van der Waals surface area contributed by atoms with Gasteiger partial charge in [0.15, 0.2) is 0 Å². The number of fused-ring (bicyclic) bond motifs is 1. The molecule has 0 heterocycles. The Morgan fingerprint density at radius 2 is 1.29 bits per heavy atom. The van der Waals surface area contributed by atoms with Gasteiger partial charge in [-0.15, -0.1) is 0 Å². The topological polar surface area (TPSA) is 65.0 Å². The molecule has 0 aliphatic heterocycles. The van der Waals surface area contributed by atoms with Crippen molar-refractivity contribution in [1.82, 2.24) is 0 Å². The fraction of sp³-hybridized carbons (Fsp3) is 0.0333. The molecular formula is C30H24O5. The lowest BCUT2D eigenvalue weighted by Crippen LogP contribution is -2.05. The van der Waals surface area contributed by atoms with Crippen LogP contribution >= 0.6 is 0 Å². The lowest BCUT2D eigenvalue weighted by molar-refractivity contribution is -0.270. The molecule has 1 atom stereocenters. The van der Waals surface area contributed by atoms with E-state index in [0.29, 0.717) is 22.8 Å². The third kappa shape index (κ3) is 5.55. The molecule has 0 aromatic heterocycles. The Bertz CT molecular complexity index is 1380. The first kappa shape index (κ1) is 23.7. The fourth-order valence-electron chi connectivity index (χ4n) is 3.69. The monoisotopic (exact) mass is 464 g/mol. The van der Waals surface area contributed by atoms with E-state index in [9.17, 15) is 10.1 Å². The van der Waals surface area contributed by atoms with Gasteiger partial charge >= 0.3 is 5.97 Å². The van der Waals surface area contributed by atoms with E-state index in [1.807, 2.05) is 54.6 Å². The van der Waals surface area contributed by atoms with Gasteiger partial charge in [-0.05, 0) is 69.4 Å². The van der Waals surface area contributed by atoms with Crippen LogP contribution in [0.1, 0.15) is 17.2 Å². The van der Waals surface area contributed by atoms with Crippen molar-refractivity contribution in [3.63, 3.8) is 0 Å².